The van der Waals surface area contributed by atoms with Gasteiger partial charge in [-0.2, -0.15) is 0 Å². The molecular weight excluding hydrogens is 192 g/mol. The topological polar surface area (TPSA) is 33.7 Å². The molecule has 2 heterocycles. The lowest BCUT2D eigenvalue weighted by Crippen LogP contribution is -2.43. The molecule has 2 saturated heterocycles. The number of piperidine rings is 1. The van der Waals surface area contributed by atoms with E-state index in [1.807, 2.05) is 0 Å². The Kier molecular flexibility index (Phi) is 4.38. The lowest BCUT2D eigenvalue weighted by molar-refractivity contribution is -0.0844. The lowest BCUT2D eigenvalue weighted by atomic mass is 10.1. The first-order chi connectivity index (χ1) is 7.34. The number of hydrogen-bond acceptors (Lipinski definition) is 4. The molecule has 2 fully saturated rings. The van der Waals surface area contributed by atoms with Crippen LogP contribution in [0, 0.1) is 0 Å². The van der Waals surface area contributed by atoms with Crippen molar-refractivity contribution < 1.29 is 9.47 Å². The molecule has 0 aromatic heterocycles. The van der Waals surface area contributed by atoms with Crippen molar-refractivity contribution >= 4 is 0 Å². The Bertz CT molecular complexity index is 183. The molecule has 0 aromatic rings. The van der Waals surface area contributed by atoms with Gasteiger partial charge in [0.25, 0.3) is 0 Å². The first kappa shape index (κ1) is 11.3. The van der Waals surface area contributed by atoms with Gasteiger partial charge in [0, 0.05) is 13.1 Å². The highest BCUT2D eigenvalue weighted by atomic mass is 16.5. The molecule has 4 nitrogen and oxygen atoms in total. The minimum absolute atomic E-state index is 0.277. The van der Waals surface area contributed by atoms with Gasteiger partial charge in [-0.1, -0.05) is 0 Å². The van der Waals surface area contributed by atoms with Crippen LogP contribution in [-0.2, 0) is 9.47 Å². The van der Waals surface area contributed by atoms with E-state index in [-0.39, 0.29) is 6.10 Å². The quantitative estimate of drug-likeness (QED) is 0.722. The van der Waals surface area contributed by atoms with Crippen LogP contribution in [0.25, 0.3) is 0 Å². The summed E-state index contributed by atoms with van der Waals surface area (Å²) >= 11 is 0. The third-order valence-corrected chi connectivity index (χ3v) is 3.15. The van der Waals surface area contributed by atoms with Crippen LogP contribution < -0.4 is 5.32 Å². The lowest BCUT2D eigenvalue weighted by Gasteiger charge is -2.31. The van der Waals surface area contributed by atoms with Crippen LogP contribution in [0.1, 0.15) is 12.8 Å². The SMILES string of the molecule is CN1CCOC(COC2CCNCC2)C1. The Hall–Kier alpha value is -0.160. The van der Waals surface area contributed by atoms with Crippen molar-refractivity contribution in [3.63, 3.8) is 0 Å². The van der Waals surface area contributed by atoms with Crippen LogP contribution in [0.2, 0.25) is 0 Å². The fraction of sp³-hybridized carbons (Fsp3) is 1.00. The van der Waals surface area contributed by atoms with Gasteiger partial charge in [0.2, 0.25) is 0 Å². The summed E-state index contributed by atoms with van der Waals surface area (Å²) in [6.45, 7) is 5.84. The molecule has 1 unspecified atom stereocenters. The number of likely N-dealkylation sites (N-methyl/N-ethyl adjacent to an activating group) is 1. The molecule has 88 valence electrons. The molecule has 2 rings (SSSR count). The maximum Gasteiger partial charge on any atom is 0.0935 e. The predicted molar refractivity (Wildman–Crippen MR) is 59.1 cm³/mol. The van der Waals surface area contributed by atoms with Crippen molar-refractivity contribution in [3.8, 4) is 0 Å². The molecule has 0 amide bonds. The summed E-state index contributed by atoms with van der Waals surface area (Å²) < 4.78 is 11.5. The van der Waals surface area contributed by atoms with Gasteiger partial charge < -0.3 is 19.7 Å². The van der Waals surface area contributed by atoms with Crippen LogP contribution >= 0.6 is 0 Å². The van der Waals surface area contributed by atoms with E-state index in [1.54, 1.807) is 0 Å². The monoisotopic (exact) mass is 214 g/mol. The van der Waals surface area contributed by atoms with Crippen LogP contribution in [0.15, 0.2) is 0 Å². The largest absolute Gasteiger partial charge is 0.375 e. The van der Waals surface area contributed by atoms with Crippen LogP contribution in [-0.4, -0.2) is 63.5 Å². The van der Waals surface area contributed by atoms with Crippen LogP contribution in [0.5, 0.6) is 0 Å². The molecule has 0 spiro atoms. The van der Waals surface area contributed by atoms with Crippen LogP contribution in [0.3, 0.4) is 0 Å². The number of nitrogens with one attached hydrogen (secondary N) is 1. The summed E-state index contributed by atoms with van der Waals surface area (Å²) in [5.74, 6) is 0. The zero-order chi connectivity index (χ0) is 10.5. The zero-order valence-corrected chi connectivity index (χ0v) is 9.58. The first-order valence-electron chi connectivity index (χ1n) is 5.97. The Labute approximate surface area is 91.9 Å². The van der Waals surface area contributed by atoms with Crippen molar-refractivity contribution in [2.45, 2.75) is 25.0 Å². The summed E-state index contributed by atoms with van der Waals surface area (Å²) in [6, 6.07) is 0. The highest BCUT2D eigenvalue weighted by Gasteiger charge is 2.20. The van der Waals surface area contributed by atoms with Gasteiger partial charge in [0.1, 0.15) is 0 Å². The predicted octanol–water partition coefficient (Wildman–Crippen LogP) is 0.0856. The zero-order valence-electron chi connectivity index (χ0n) is 9.58. The van der Waals surface area contributed by atoms with E-state index >= 15 is 0 Å². The Balaban J connectivity index is 1.63. The van der Waals surface area contributed by atoms with Gasteiger partial charge in [-0.3, -0.25) is 0 Å². The van der Waals surface area contributed by atoms with E-state index in [2.05, 4.69) is 17.3 Å². The summed E-state index contributed by atoms with van der Waals surface area (Å²) in [4.78, 5) is 2.31. The summed E-state index contributed by atoms with van der Waals surface area (Å²) in [5, 5.41) is 3.34. The normalized spacial score (nSPS) is 30.6. The molecule has 0 aliphatic carbocycles. The summed E-state index contributed by atoms with van der Waals surface area (Å²) in [7, 11) is 2.14. The number of hydrogen-bond donors (Lipinski definition) is 1. The van der Waals surface area contributed by atoms with Crippen molar-refractivity contribution in [2.75, 3.05) is 46.4 Å². The Morgan fingerprint density at radius 2 is 2.20 bits per heavy atom. The van der Waals surface area contributed by atoms with E-state index < -0.39 is 0 Å². The molecule has 1 N–H and O–H groups in total. The second-order valence-electron chi connectivity index (χ2n) is 4.54. The molecule has 2 aliphatic rings. The minimum Gasteiger partial charge on any atom is -0.375 e. The van der Waals surface area contributed by atoms with Gasteiger partial charge in [0.15, 0.2) is 0 Å². The fourth-order valence-electron chi connectivity index (χ4n) is 2.17. The molecule has 0 aromatic carbocycles. The minimum atomic E-state index is 0.277. The first-order valence-corrected chi connectivity index (χ1v) is 5.97. The molecule has 0 radical (unpaired) electrons. The van der Waals surface area contributed by atoms with Gasteiger partial charge >= 0.3 is 0 Å². The van der Waals surface area contributed by atoms with E-state index in [0.29, 0.717) is 6.10 Å². The Morgan fingerprint density at radius 3 is 2.93 bits per heavy atom. The van der Waals surface area contributed by atoms with Gasteiger partial charge in [-0.25, -0.2) is 0 Å². The summed E-state index contributed by atoms with van der Waals surface area (Å²) in [6.07, 6.45) is 3.01. The maximum absolute atomic E-state index is 5.88. The van der Waals surface area contributed by atoms with E-state index in [4.69, 9.17) is 9.47 Å². The van der Waals surface area contributed by atoms with Gasteiger partial charge in [0.05, 0.1) is 25.4 Å². The highest BCUT2D eigenvalue weighted by molar-refractivity contribution is 4.72. The third kappa shape index (κ3) is 3.72. The second-order valence-corrected chi connectivity index (χ2v) is 4.54. The molecular formula is C11H22N2O2. The smallest absolute Gasteiger partial charge is 0.0935 e. The van der Waals surface area contributed by atoms with Crippen molar-refractivity contribution in [2.24, 2.45) is 0 Å². The van der Waals surface area contributed by atoms with E-state index in [9.17, 15) is 0 Å². The van der Waals surface area contributed by atoms with E-state index in [1.165, 1.54) is 0 Å². The maximum atomic E-state index is 5.88. The molecule has 1 atom stereocenters. The molecule has 0 bridgehead atoms. The summed E-state index contributed by atoms with van der Waals surface area (Å²) in [5.41, 5.74) is 0. The highest BCUT2D eigenvalue weighted by Crippen LogP contribution is 2.10. The molecule has 4 heteroatoms. The fourth-order valence-corrected chi connectivity index (χ4v) is 2.17. The molecule has 0 saturated carbocycles. The molecule has 15 heavy (non-hydrogen) atoms. The number of ether oxygens (including phenoxy) is 2. The van der Waals surface area contributed by atoms with Crippen molar-refractivity contribution in [3.05, 3.63) is 0 Å². The average molecular weight is 214 g/mol. The van der Waals surface area contributed by atoms with Crippen LogP contribution in [0.4, 0.5) is 0 Å². The standard InChI is InChI=1S/C11H22N2O2/c1-13-6-7-14-11(8-13)9-15-10-2-4-12-5-3-10/h10-12H,2-9H2,1H3. The number of morpholine rings is 1. The Morgan fingerprint density at radius 1 is 1.40 bits per heavy atom. The van der Waals surface area contributed by atoms with Gasteiger partial charge in [-0.15, -0.1) is 0 Å². The number of rotatable bonds is 3. The molecule has 2 aliphatic heterocycles. The third-order valence-electron chi connectivity index (χ3n) is 3.15. The second kappa shape index (κ2) is 5.80. The van der Waals surface area contributed by atoms with E-state index in [0.717, 1.165) is 52.2 Å². The number of nitrogens with zero attached hydrogens (tertiary/aromatic N) is 1. The van der Waals surface area contributed by atoms with Crippen molar-refractivity contribution in [1.82, 2.24) is 10.2 Å². The van der Waals surface area contributed by atoms with Crippen molar-refractivity contribution in [1.29, 1.82) is 0 Å². The van der Waals surface area contributed by atoms with Gasteiger partial charge in [-0.05, 0) is 33.0 Å². The average Bonchev–Trinajstić information content (AvgIpc) is 2.28.